The highest BCUT2D eigenvalue weighted by atomic mass is 16.3. The first-order valence-corrected chi connectivity index (χ1v) is 6.75. The highest BCUT2D eigenvalue weighted by Crippen LogP contribution is 2.14. The molecule has 1 aromatic heterocycles. The average molecular weight is 272 g/mol. The second kappa shape index (κ2) is 6.91. The van der Waals surface area contributed by atoms with E-state index in [0.717, 1.165) is 11.4 Å². The lowest BCUT2D eigenvalue weighted by Gasteiger charge is -2.08. The Balaban J connectivity index is 1.71. The first kappa shape index (κ1) is 14.3. The Morgan fingerprint density at radius 1 is 1.20 bits per heavy atom. The van der Waals surface area contributed by atoms with Gasteiger partial charge in [-0.3, -0.25) is 4.79 Å². The lowest BCUT2D eigenvalue weighted by atomic mass is 10.1. The fourth-order valence-electron chi connectivity index (χ4n) is 1.87. The summed E-state index contributed by atoms with van der Waals surface area (Å²) in [4.78, 5) is 11.8. The second-order valence-corrected chi connectivity index (χ2v) is 4.85. The van der Waals surface area contributed by atoms with Gasteiger partial charge in [0, 0.05) is 18.7 Å². The molecular weight excluding hydrogens is 252 g/mol. The molecule has 4 nitrogen and oxygen atoms in total. The molecule has 0 spiro atoms. The van der Waals surface area contributed by atoms with Crippen molar-refractivity contribution in [3.8, 4) is 0 Å². The van der Waals surface area contributed by atoms with Crippen LogP contribution in [0.2, 0.25) is 0 Å². The molecule has 0 fully saturated rings. The van der Waals surface area contributed by atoms with E-state index in [1.807, 2.05) is 37.3 Å². The Morgan fingerprint density at radius 3 is 2.75 bits per heavy atom. The zero-order valence-corrected chi connectivity index (χ0v) is 11.9. The minimum atomic E-state index is 0.0141. The molecule has 0 saturated carbocycles. The largest absolute Gasteiger partial charge is 0.468 e. The van der Waals surface area contributed by atoms with Gasteiger partial charge in [0.1, 0.15) is 5.76 Å². The van der Waals surface area contributed by atoms with Gasteiger partial charge in [0.2, 0.25) is 5.91 Å². The van der Waals surface area contributed by atoms with E-state index in [-0.39, 0.29) is 5.91 Å². The van der Waals surface area contributed by atoms with Gasteiger partial charge in [-0.05, 0) is 49.2 Å². The lowest BCUT2D eigenvalue weighted by Crippen LogP contribution is -2.21. The number of carbonyl (C=O) groups excluding carboxylic acids is 1. The summed E-state index contributed by atoms with van der Waals surface area (Å²) in [6.45, 7) is 5.36. The van der Waals surface area contributed by atoms with Crippen molar-refractivity contribution in [1.29, 1.82) is 0 Å². The van der Waals surface area contributed by atoms with Crippen LogP contribution in [0, 0.1) is 13.8 Å². The predicted molar refractivity (Wildman–Crippen MR) is 79.6 cm³/mol. The summed E-state index contributed by atoms with van der Waals surface area (Å²) in [7, 11) is 0. The minimum Gasteiger partial charge on any atom is -0.468 e. The quantitative estimate of drug-likeness (QED) is 0.795. The van der Waals surface area contributed by atoms with Crippen LogP contribution in [0.25, 0.3) is 0 Å². The molecule has 2 aromatic rings. The summed E-state index contributed by atoms with van der Waals surface area (Å²) in [6.07, 6.45) is 2.08. The van der Waals surface area contributed by atoms with Crippen molar-refractivity contribution in [1.82, 2.24) is 5.32 Å². The van der Waals surface area contributed by atoms with Crippen LogP contribution in [-0.2, 0) is 11.3 Å². The van der Waals surface area contributed by atoms with Gasteiger partial charge < -0.3 is 15.1 Å². The zero-order chi connectivity index (χ0) is 14.4. The van der Waals surface area contributed by atoms with Gasteiger partial charge in [-0.15, -0.1) is 0 Å². The third-order valence-electron chi connectivity index (χ3n) is 3.20. The number of rotatable bonds is 6. The van der Waals surface area contributed by atoms with Crippen molar-refractivity contribution in [3.63, 3.8) is 0 Å². The van der Waals surface area contributed by atoms with E-state index in [1.54, 1.807) is 6.26 Å². The van der Waals surface area contributed by atoms with Gasteiger partial charge in [-0.1, -0.05) is 6.07 Å². The number of furan rings is 1. The molecule has 0 saturated heterocycles. The van der Waals surface area contributed by atoms with Crippen molar-refractivity contribution in [2.24, 2.45) is 0 Å². The molecule has 0 atom stereocenters. The normalized spacial score (nSPS) is 10.5. The van der Waals surface area contributed by atoms with Crippen molar-refractivity contribution in [2.45, 2.75) is 26.8 Å². The van der Waals surface area contributed by atoms with Crippen LogP contribution in [0.1, 0.15) is 23.3 Å². The molecule has 1 aromatic carbocycles. The predicted octanol–water partition coefficient (Wildman–Crippen LogP) is 3.01. The van der Waals surface area contributed by atoms with Crippen molar-refractivity contribution >= 4 is 11.6 Å². The molecule has 0 aliphatic rings. The highest BCUT2D eigenvalue weighted by molar-refractivity contribution is 5.90. The van der Waals surface area contributed by atoms with Crippen LogP contribution in [0.4, 0.5) is 5.69 Å². The van der Waals surface area contributed by atoms with E-state index in [4.69, 9.17) is 4.42 Å². The van der Waals surface area contributed by atoms with Crippen LogP contribution < -0.4 is 10.6 Å². The maximum absolute atomic E-state index is 11.8. The number of aryl methyl sites for hydroxylation is 2. The third-order valence-corrected chi connectivity index (χ3v) is 3.20. The van der Waals surface area contributed by atoms with Gasteiger partial charge in [0.05, 0.1) is 12.8 Å². The first-order valence-electron chi connectivity index (χ1n) is 6.75. The molecule has 1 amide bonds. The number of amides is 1. The van der Waals surface area contributed by atoms with E-state index in [9.17, 15) is 4.79 Å². The van der Waals surface area contributed by atoms with Crippen LogP contribution >= 0.6 is 0 Å². The van der Waals surface area contributed by atoms with Crippen LogP contribution in [0.3, 0.4) is 0 Å². The van der Waals surface area contributed by atoms with Crippen molar-refractivity contribution in [2.75, 3.05) is 11.9 Å². The van der Waals surface area contributed by atoms with Gasteiger partial charge >= 0.3 is 0 Å². The number of hydrogen-bond acceptors (Lipinski definition) is 3. The van der Waals surface area contributed by atoms with Gasteiger partial charge in [0.15, 0.2) is 0 Å². The summed E-state index contributed by atoms with van der Waals surface area (Å²) in [5.41, 5.74) is 3.26. The number of carbonyl (C=O) groups is 1. The number of hydrogen-bond donors (Lipinski definition) is 2. The summed E-state index contributed by atoms with van der Waals surface area (Å²) >= 11 is 0. The number of anilines is 1. The molecule has 0 bridgehead atoms. The summed E-state index contributed by atoms with van der Waals surface area (Å²) in [5, 5.41) is 6.07. The maximum atomic E-state index is 11.8. The monoisotopic (exact) mass is 272 g/mol. The Labute approximate surface area is 119 Å². The standard InChI is InChI=1S/C16H20N2O2/c1-12-5-6-14(10-13(12)2)18-16(19)7-8-17-11-15-4-3-9-20-15/h3-6,9-10,17H,7-8,11H2,1-2H3,(H,18,19). The first-order chi connectivity index (χ1) is 9.65. The molecule has 0 aliphatic carbocycles. The maximum Gasteiger partial charge on any atom is 0.225 e. The molecule has 0 aliphatic heterocycles. The van der Waals surface area contributed by atoms with Crippen molar-refractivity contribution < 1.29 is 9.21 Å². The van der Waals surface area contributed by atoms with Gasteiger partial charge in [0.25, 0.3) is 0 Å². The van der Waals surface area contributed by atoms with Gasteiger partial charge in [-0.2, -0.15) is 0 Å². The molecule has 2 rings (SSSR count). The smallest absolute Gasteiger partial charge is 0.225 e. The van der Waals surface area contributed by atoms with E-state index in [1.165, 1.54) is 11.1 Å². The fourth-order valence-corrected chi connectivity index (χ4v) is 1.87. The lowest BCUT2D eigenvalue weighted by molar-refractivity contribution is -0.116. The fraction of sp³-hybridized carbons (Fsp3) is 0.312. The van der Waals surface area contributed by atoms with E-state index in [0.29, 0.717) is 19.5 Å². The van der Waals surface area contributed by atoms with Crippen molar-refractivity contribution in [3.05, 3.63) is 53.5 Å². The summed E-state index contributed by atoms with van der Waals surface area (Å²) < 4.78 is 5.20. The summed E-state index contributed by atoms with van der Waals surface area (Å²) in [5.74, 6) is 0.889. The Kier molecular flexibility index (Phi) is 4.96. The second-order valence-electron chi connectivity index (χ2n) is 4.85. The van der Waals surface area contributed by atoms with Crippen LogP contribution in [-0.4, -0.2) is 12.5 Å². The molecule has 20 heavy (non-hydrogen) atoms. The molecular formula is C16H20N2O2. The Hall–Kier alpha value is -2.07. The third kappa shape index (κ3) is 4.24. The summed E-state index contributed by atoms with van der Waals surface area (Å²) in [6, 6.07) is 9.69. The molecule has 4 heteroatoms. The number of nitrogens with one attached hydrogen (secondary N) is 2. The van der Waals surface area contributed by atoms with E-state index >= 15 is 0 Å². The molecule has 1 heterocycles. The number of benzene rings is 1. The Morgan fingerprint density at radius 2 is 2.05 bits per heavy atom. The van der Waals surface area contributed by atoms with Crippen LogP contribution in [0.5, 0.6) is 0 Å². The van der Waals surface area contributed by atoms with E-state index in [2.05, 4.69) is 17.6 Å². The topological polar surface area (TPSA) is 54.3 Å². The van der Waals surface area contributed by atoms with E-state index < -0.39 is 0 Å². The minimum absolute atomic E-state index is 0.0141. The average Bonchev–Trinajstić information content (AvgIpc) is 2.92. The SMILES string of the molecule is Cc1ccc(NC(=O)CCNCc2ccco2)cc1C. The Bertz CT molecular complexity index is 562. The van der Waals surface area contributed by atoms with Crippen LogP contribution in [0.15, 0.2) is 41.0 Å². The zero-order valence-electron chi connectivity index (χ0n) is 11.9. The highest BCUT2D eigenvalue weighted by Gasteiger charge is 2.03. The molecule has 106 valence electrons. The molecule has 0 unspecified atom stereocenters. The van der Waals surface area contributed by atoms with Gasteiger partial charge in [-0.25, -0.2) is 0 Å². The molecule has 2 N–H and O–H groups in total. The molecule has 0 radical (unpaired) electrons.